The predicted octanol–water partition coefficient (Wildman–Crippen LogP) is 3.56. The third kappa shape index (κ3) is 5.66. The number of hydrogen-bond donors (Lipinski definition) is 2. The second kappa shape index (κ2) is 9.29. The molecule has 23 heavy (non-hydrogen) atoms. The maximum absolute atomic E-state index is 13.5. The van der Waals surface area contributed by atoms with Crippen LogP contribution in [-0.4, -0.2) is 19.6 Å². The molecule has 0 atom stereocenters. The molecule has 0 radical (unpaired) electrons. The molecule has 0 amide bonds. The van der Waals surface area contributed by atoms with Crippen LogP contribution in [0.2, 0.25) is 0 Å². The summed E-state index contributed by atoms with van der Waals surface area (Å²) in [6.45, 7) is 0.288. The molecular weight excluding hydrogens is 415 g/mol. The molecule has 2 aromatic rings. The van der Waals surface area contributed by atoms with E-state index in [1.165, 1.54) is 12.1 Å². The zero-order valence-corrected chi connectivity index (χ0v) is 14.9. The van der Waals surface area contributed by atoms with Gasteiger partial charge < -0.3 is 15.8 Å². The molecule has 0 fully saturated rings. The summed E-state index contributed by atoms with van der Waals surface area (Å²) in [6.07, 6.45) is 0.334. The van der Waals surface area contributed by atoms with Gasteiger partial charge in [-0.3, -0.25) is 4.99 Å². The number of guanidine groups is 1. The first-order valence-corrected chi connectivity index (χ1v) is 6.74. The number of anilines is 1. The smallest absolute Gasteiger partial charge is 0.193 e. The van der Waals surface area contributed by atoms with Crippen LogP contribution in [0, 0.1) is 11.6 Å². The minimum absolute atomic E-state index is 0. The van der Waals surface area contributed by atoms with Crippen LogP contribution in [0.5, 0.6) is 5.75 Å². The normalized spacial score (nSPS) is 10.8. The van der Waals surface area contributed by atoms with E-state index >= 15 is 0 Å². The van der Waals surface area contributed by atoms with Crippen molar-refractivity contribution in [3.05, 3.63) is 59.7 Å². The van der Waals surface area contributed by atoms with Gasteiger partial charge in [-0.25, -0.2) is 8.78 Å². The zero-order valence-electron chi connectivity index (χ0n) is 12.6. The maximum Gasteiger partial charge on any atom is 0.193 e. The first-order valence-electron chi connectivity index (χ1n) is 6.74. The van der Waals surface area contributed by atoms with Crippen molar-refractivity contribution in [1.29, 1.82) is 0 Å². The topological polar surface area (TPSA) is 59.6 Å². The van der Waals surface area contributed by atoms with Crippen LogP contribution >= 0.6 is 24.0 Å². The minimum Gasteiger partial charge on any atom is -0.495 e. The second-order valence-electron chi connectivity index (χ2n) is 4.58. The lowest BCUT2D eigenvalue weighted by atomic mass is 10.1. The Hall–Kier alpha value is -1.90. The van der Waals surface area contributed by atoms with E-state index in [1.54, 1.807) is 19.2 Å². The van der Waals surface area contributed by atoms with Crippen molar-refractivity contribution in [3.63, 3.8) is 0 Å². The Morgan fingerprint density at radius 3 is 2.65 bits per heavy atom. The second-order valence-corrected chi connectivity index (χ2v) is 4.58. The van der Waals surface area contributed by atoms with Gasteiger partial charge in [0.2, 0.25) is 0 Å². The number of halogens is 3. The molecule has 3 N–H and O–H groups in total. The van der Waals surface area contributed by atoms with E-state index in [4.69, 9.17) is 10.5 Å². The fourth-order valence-electron chi connectivity index (χ4n) is 1.95. The van der Waals surface area contributed by atoms with E-state index in [-0.39, 0.29) is 36.5 Å². The summed E-state index contributed by atoms with van der Waals surface area (Å²) in [7, 11) is 1.56. The molecule has 0 spiro atoms. The Morgan fingerprint density at radius 1 is 1.22 bits per heavy atom. The van der Waals surface area contributed by atoms with Gasteiger partial charge in [0.05, 0.1) is 12.8 Å². The van der Waals surface area contributed by atoms with Crippen LogP contribution in [0.4, 0.5) is 14.5 Å². The van der Waals surface area contributed by atoms with Crippen molar-refractivity contribution in [2.45, 2.75) is 6.42 Å². The lowest BCUT2D eigenvalue weighted by Gasteiger charge is -2.10. The minimum atomic E-state index is -0.595. The quantitative estimate of drug-likeness (QED) is 0.431. The molecule has 0 saturated heterocycles. The molecule has 0 heterocycles. The molecule has 0 aliphatic heterocycles. The van der Waals surface area contributed by atoms with Crippen molar-refractivity contribution >= 4 is 35.6 Å². The van der Waals surface area contributed by atoms with Gasteiger partial charge in [-0.15, -0.1) is 24.0 Å². The maximum atomic E-state index is 13.5. The molecule has 0 unspecified atom stereocenters. The van der Waals surface area contributed by atoms with Gasteiger partial charge in [-0.1, -0.05) is 18.2 Å². The Kier molecular flexibility index (Phi) is 7.73. The fraction of sp³-hybridized carbons (Fsp3) is 0.188. The van der Waals surface area contributed by atoms with Crippen LogP contribution in [-0.2, 0) is 6.42 Å². The number of nitrogens with one attached hydrogen (secondary N) is 1. The van der Waals surface area contributed by atoms with Gasteiger partial charge in [0, 0.05) is 12.6 Å². The monoisotopic (exact) mass is 433 g/mol. The lowest BCUT2D eigenvalue weighted by Crippen LogP contribution is -2.23. The van der Waals surface area contributed by atoms with Gasteiger partial charge in [0.25, 0.3) is 0 Å². The van der Waals surface area contributed by atoms with Crippen molar-refractivity contribution in [1.82, 2.24) is 0 Å². The van der Waals surface area contributed by atoms with E-state index in [0.29, 0.717) is 23.4 Å². The van der Waals surface area contributed by atoms with Crippen molar-refractivity contribution < 1.29 is 13.5 Å². The molecule has 2 rings (SSSR count). The molecule has 0 aliphatic rings. The number of aliphatic imine (C=N–C) groups is 1. The molecule has 0 aromatic heterocycles. The Morgan fingerprint density at radius 2 is 1.96 bits per heavy atom. The Bertz CT molecular complexity index is 680. The third-order valence-electron chi connectivity index (χ3n) is 3.05. The zero-order chi connectivity index (χ0) is 15.9. The number of hydrogen-bond acceptors (Lipinski definition) is 2. The van der Waals surface area contributed by atoms with E-state index in [2.05, 4.69) is 10.3 Å². The fourth-order valence-corrected chi connectivity index (χ4v) is 1.95. The molecule has 4 nitrogen and oxygen atoms in total. The van der Waals surface area contributed by atoms with Crippen LogP contribution < -0.4 is 15.8 Å². The van der Waals surface area contributed by atoms with Gasteiger partial charge in [-0.2, -0.15) is 0 Å². The van der Waals surface area contributed by atoms with Crippen LogP contribution in [0.15, 0.2) is 47.5 Å². The average molecular weight is 433 g/mol. The summed E-state index contributed by atoms with van der Waals surface area (Å²) in [5.41, 5.74) is 6.88. The highest BCUT2D eigenvalue weighted by Crippen LogP contribution is 2.22. The predicted molar refractivity (Wildman–Crippen MR) is 98.6 cm³/mol. The highest BCUT2D eigenvalue weighted by atomic mass is 127. The molecule has 2 aromatic carbocycles. The summed E-state index contributed by atoms with van der Waals surface area (Å²) in [5.74, 6) is -0.328. The molecule has 0 saturated carbocycles. The Labute approximate surface area is 150 Å². The van der Waals surface area contributed by atoms with Gasteiger partial charge in [0.15, 0.2) is 5.96 Å². The van der Waals surface area contributed by atoms with Crippen molar-refractivity contribution in [2.24, 2.45) is 10.7 Å². The SMILES string of the molecule is COc1ccccc1NC(N)=NCCc1ccc(F)cc1F.I. The molecular formula is C16H18F2IN3O. The van der Waals surface area contributed by atoms with E-state index in [1.807, 2.05) is 12.1 Å². The molecule has 7 heteroatoms. The van der Waals surface area contributed by atoms with Crippen LogP contribution in [0.1, 0.15) is 5.56 Å². The number of ether oxygens (including phenoxy) is 1. The highest BCUT2D eigenvalue weighted by molar-refractivity contribution is 14.0. The summed E-state index contributed by atoms with van der Waals surface area (Å²) in [4.78, 5) is 4.12. The van der Waals surface area contributed by atoms with Crippen LogP contribution in [0.25, 0.3) is 0 Å². The van der Waals surface area contributed by atoms with Gasteiger partial charge in [-0.05, 0) is 30.2 Å². The Balaban J connectivity index is 0.00000264. The van der Waals surface area contributed by atoms with Crippen molar-refractivity contribution in [3.8, 4) is 5.75 Å². The van der Waals surface area contributed by atoms with Gasteiger partial charge >= 0.3 is 0 Å². The molecule has 0 bridgehead atoms. The lowest BCUT2D eigenvalue weighted by molar-refractivity contribution is 0.417. The van der Waals surface area contributed by atoms with Crippen molar-refractivity contribution in [2.75, 3.05) is 19.0 Å². The van der Waals surface area contributed by atoms with Gasteiger partial charge in [0.1, 0.15) is 17.4 Å². The molecule has 124 valence electrons. The van der Waals surface area contributed by atoms with E-state index in [9.17, 15) is 8.78 Å². The molecule has 0 aliphatic carbocycles. The number of nitrogens with two attached hydrogens (primary N) is 1. The summed E-state index contributed by atoms with van der Waals surface area (Å²) >= 11 is 0. The third-order valence-corrected chi connectivity index (χ3v) is 3.05. The summed E-state index contributed by atoms with van der Waals surface area (Å²) in [6, 6.07) is 10.8. The standard InChI is InChI=1S/C16H17F2N3O.HI/c1-22-15-5-3-2-4-14(15)21-16(19)20-9-8-11-6-7-12(17)10-13(11)18;/h2-7,10H,8-9H2,1H3,(H3,19,20,21);1H. The first-order chi connectivity index (χ1) is 10.6. The number of nitrogens with zero attached hydrogens (tertiary/aromatic N) is 1. The number of methoxy groups -OCH3 is 1. The van der Waals surface area contributed by atoms with E-state index < -0.39 is 11.6 Å². The summed E-state index contributed by atoms with van der Waals surface area (Å²) in [5, 5.41) is 2.92. The highest BCUT2D eigenvalue weighted by Gasteiger charge is 2.04. The number of para-hydroxylation sites is 2. The van der Waals surface area contributed by atoms with Crippen LogP contribution in [0.3, 0.4) is 0 Å². The first kappa shape index (κ1) is 19.1. The largest absolute Gasteiger partial charge is 0.495 e. The average Bonchev–Trinajstić information content (AvgIpc) is 2.50. The number of rotatable bonds is 5. The number of benzene rings is 2. The van der Waals surface area contributed by atoms with E-state index in [0.717, 1.165) is 6.07 Å². The summed E-state index contributed by atoms with van der Waals surface area (Å²) < 4.78 is 31.5.